The fourth-order valence-corrected chi connectivity index (χ4v) is 2.69. The van der Waals surface area contributed by atoms with E-state index in [1.54, 1.807) is 11.3 Å². The van der Waals surface area contributed by atoms with Crippen LogP contribution in [0.15, 0.2) is 12.1 Å². The van der Waals surface area contributed by atoms with Crippen LogP contribution in [-0.4, -0.2) is 30.2 Å². The normalized spacial score (nSPS) is 14.9. The summed E-state index contributed by atoms with van der Waals surface area (Å²) < 4.78 is 0. The first-order valence-electron chi connectivity index (χ1n) is 5.65. The maximum absolute atomic E-state index is 8.61. The minimum Gasteiger partial charge on any atom is -0.384 e. The van der Waals surface area contributed by atoms with Crippen molar-refractivity contribution in [1.29, 1.82) is 0 Å². The molecule has 16 heavy (non-hydrogen) atoms. The van der Waals surface area contributed by atoms with Gasteiger partial charge in [0.2, 0.25) is 0 Å². The quantitative estimate of drug-likeness (QED) is 0.806. The molecule has 0 spiro atoms. The molecule has 1 heterocycles. The van der Waals surface area contributed by atoms with E-state index in [1.165, 1.54) is 24.3 Å². The van der Waals surface area contributed by atoms with Crippen LogP contribution in [0.5, 0.6) is 0 Å². The molecule has 1 aromatic rings. The zero-order chi connectivity index (χ0) is 11.4. The molecule has 3 heteroatoms. The third-order valence-corrected chi connectivity index (χ3v) is 3.63. The highest BCUT2D eigenvalue weighted by atomic mass is 32.1. The van der Waals surface area contributed by atoms with E-state index in [-0.39, 0.29) is 6.61 Å². The molecule has 1 fully saturated rings. The van der Waals surface area contributed by atoms with E-state index in [4.69, 9.17) is 5.11 Å². The molecule has 0 atom stereocenters. The van der Waals surface area contributed by atoms with Crippen LogP contribution in [0.1, 0.15) is 22.6 Å². The van der Waals surface area contributed by atoms with Crippen molar-refractivity contribution in [3.8, 4) is 11.8 Å². The molecule has 1 N–H and O–H groups in total. The van der Waals surface area contributed by atoms with Gasteiger partial charge in [-0.3, -0.25) is 0 Å². The van der Waals surface area contributed by atoms with Gasteiger partial charge >= 0.3 is 0 Å². The van der Waals surface area contributed by atoms with Crippen molar-refractivity contribution >= 4 is 11.3 Å². The van der Waals surface area contributed by atoms with Crippen LogP contribution in [-0.2, 0) is 6.54 Å². The summed E-state index contributed by atoms with van der Waals surface area (Å²) in [6.07, 6.45) is 2.81. The van der Waals surface area contributed by atoms with E-state index in [1.807, 2.05) is 6.07 Å². The van der Waals surface area contributed by atoms with E-state index in [0.29, 0.717) is 0 Å². The number of thiophene rings is 1. The van der Waals surface area contributed by atoms with Crippen molar-refractivity contribution in [2.45, 2.75) is 19.4 Å². The van der Waals surface area contributed by atoms with E-state index < -0.39 is 0 Å². The third-order valence-electron chi connectivity index (χ3n) is 2.64. The molecule has 0 aromatic carbocycles. The topological polar surface area (TPSA) is 23.5 Å². The van der Waals surface area contributed by atoms with Gasteiger partial charge in [0, 0.05) is 18.0 Å². The third kappa shape index (κ3) is 3.64. The Bertz CT molecular complexity index is 398. The number of rotatable bonds is 4. The molecule has 1 aliphatic rings. The molecule has 1 saturated carbocycles. The van der Waals surface area contributed by atoms with E-state index in [9.17, 15) is 0 Å². The Labute approximate surface area is 101 Å². The van der Waals surface area contributed by atoms with Gasteiger partial charge in [-0.2, -0.15) is 0 Å². The van der Waals surface area contributed by atoms with Crippen molar-refractivity contribution in [2.75, 3.05) is 20.2 Å². The van der Waals surface area contributed by atoms with Crippen LogP contribution in [0.4, 0.5) is 0 Å². The molecule has 0 saturated heterocycles. The second kappa shape index (κ2) is 5.49. The average Bonchev–Trinajstić information content (AvgIpc) is 2.94. The molecule has 0 radical (unpaired) electrons. The molecule has 0 bridgehead atoms. The lowest BCUT2D eigenvalue weighted by Gasteiger charge is -2.14. The van der Waals surface area contributed by atoms with Gasteiger partial charge < -0.3 is 10.0 Å². The average molecular weight is 235 g/mol. The van der Waals surface area contributed by atoms with E-state index in [2.05, 4.69) is 29.9 Å². The molecule has 1 aliphatic carbocycles. The Balaban J connectivity index is 1.85. The van der Waals surface area contributed by atoms with Gasteiger partial charge in [-0.25, -0.2) is 0 Å². The lowest BCUT2D eigenvalue weighted by molar-refractivity contribution is 0.316. The summed E-state index contributed by atoms with van der Waals surface area (Å²) in [6.45, 7) is 2.17. The SMILES string of the molecule is CN(Cc1ccc(C#CCO)s1)CC1CC1. The van der Waals surface area contributed by atoms with Crippen LogP contribution in [0.2, 0.25) is 0 Å². The number of aliphatic hydroxyl groups excluding tert-OH is 1. The Hall–Kier alpha value is -0.820. The molecule has 0 amide bonds. The van der Waals surface area contributed by atoms with Crippen molar-refractivity contribution in [3.63, 3.8) is 0 Å². The fraction of sp³-hybridized carbons (Fsp3) is 0.538. The molecular weight excluding hydrogens is 218 g/mol. The zero-order valence-electron chi connectivity index (χ0n) is 9.57. The molecule has 1 aromatic heterocycles. The molecule has 0 unspecified atom stereocenters. The van der Waals surface area contributed by atoms with Crippen LogP contribution >= 0.6 is 11.3 Å². The second-order valence-corrected chi connectivity index (χ2v) is 5.53. The minimum absolute atomic E-state index is 0.0607. The highest BCUT2D eigenvalue weighted by molar-refractivity contribution is 7.12. The monoisotopic (exact) mass is 235 g/mol. The van der Waals surface area contributed by atoms with Crippen LogP contribution in [0, 0.1) is 17.8 Å². The highest BCUT2D eigenvalue weighted by Crippen LogP contribution is 2.30. The van der Waals surface area contributed by atoms with Gasteiger partial charge in [0.1, 0.15) is 6.61 Å². The number of aliphatic hydroxyl groups is 1. The van der Waals surface area contributed by atoms with Gasteiger partial charge in [-0.1, -0.05) is 11.8 Å². The van der Waals surface area contributed by atoms with Crippen molar-refractivity contribution in [3.05, 3.63) is 21.9 Å². The Morgan fingerprint density at radius 2 is 2.31 bits per heavy atom. The summed E-state index contributed by atoms with van der Waals surface area (Å²) in [5.74, 6) is 6.56. The fourth-order valence-electron chi connectivity index (χ4n) is 1.73. The van der Waals surface area contributed by atoms with Crippen LogP contribution in [0.25, 0.3) is 0 Å². The predicted octanol–water partition coefficient (Wildman–Crippen LogP) is 1.93. The largest absolute Gasteiger partial charge is 0.384 e. The Morgan fingerprint density at radius 1 is 1.50 bits per heavy atom. The summed E-state index contributed by atoms with van der Waals surface area (Å²) in [4.78, 5) is 4.78. The summed E-state index contributed by atoms with van der Waals surface area (Å²) in [6, 6.07) is 4.17. The second-order valence-electron chi connectivity index (χ2n) is 4.37. The molecule has 86 valence electrons. The maximum atomic E-state index is 8.61. The Kier molecular flexibility index (Phi) is 4.00. The highest BCUT2D eigenvalue weighted by Gasteiger charge is 2.22. The first-order valence-corrected chi connectivity index (χ1v) is 6.46. The van der Waals surface area contributed by atoms with Crippen molar-refractivity contribution in [2.24, 2.45) is 5.92 Å². The summed E-state index contributed by atoms with van der Waals surface area (Å²) >= 11 is 1.72. The smallest absolute Gasteiger partial charge is 0.104 e. The van der Waals surface area contributed by atoms with E-state index in [0.717, 1.165) is 17.3 Å². The van der Waals surface area contributed by atoms with Crippen LogP contribution in [0.3, 0.4) is 0 Å². The van der Waals surface area contributed by atoms with Crippen molar-refractivity contribution < 1.29 is 5.11 Å². The van der Waals surface area contributed by atoms with Gasteiger partial charge in [-0.05, 0) is 37.9 Å². The molecular formula is C13H17NOS. The lowest BCUT2D eigenvalue weighted by Crippen LogP contribution is -2.19. The van der Waals surface area contributed by atoms with Gasteiger partial charge in [0.25, 0.3) is 0 Å². The lowest BCUT2D eigenvalue weighted by atomic mass is 10.3. The van der Waals surface area contributed by atoms with Gasteiger partial charge in [0.05, 0.1) is 4.88 Å². The van der Waals surface area contributed by atoms with Gasteiger partial charge in [0.15, 0.2) is 0 Å². The zero-order valence-corrected chi connectivity index (χ0v) is 10.4. The number of hydrogen-bond donors (Lipinski definition) is 1. The summed E-state index contributed by atoms with van der Waals surface area (Å²) in [7, 11) is 2.18. The number of hydrogen-bond acceptors (Lipinski definition) is 3. The molecule has 2 nitrogen and oxygen atoms in total. The molecule has 2 rings (SSSR count). The Morgan fingerprint density at radius 3 is 3.00 bits per heavy atom. The van der Waals surface area contributed by atoms with Gasteiger partial charge in [-0.15, -0.1) is 11.3 Å². The summed E-state index contributed by atoms with van der Waals surface area (Å²) in [5.41, 5.74) is 0. The molecule has 0 aliphatic heterocycles. The summed E-state index contributed by atoms with van der Waals surface area (Å²) in [5, 5.41) is 8.61. The minimum atomic E-state index is -0.0607. The number of nitrogens with zero attached hydrogens (tertiary/aromatic N) is 1. The predicted molar refractivity (Wildman–Crippen MR) is 67.3 cm³/mol. The first-order chi connectivity index (χ1) is 7.78. The standard InChI is InChI=1S/C13H17NOS/c1-14(9-11-4-5-11)10-13-7-6-12(16-13)3-2-8-15/h6-7,11,15H,4-5,8-10H2,1H3. The van der Waals surface area contributed by atoms with Crippen LogP contribution < -0.4 is 0 Å². The first kappa shape index (κ1) is 11.7. The maximum Gasteiger partial charge on any atom is 0.104 e. The van der Waals surface area contributed by atoms with Crippen molar-refractivity contribution in [1.82, 2.24) is 4.90 Å². The van der Waals surface area contributed by atoms with E-state index >= 15 is 0 Å².